The van der Waals surface area contributed by atoms with Gasteiger partial charge in [0, 0.05) is 37.8 Å². The number of hydrogen-bond acceptors (Lipinski definition) is 6. The smallest absolute Gasteiger partial charge is 0.416 e. The van der Waals surface area contributed by atoms with Crippen LogP contribution in [0, 0.1) is 5.92 Å². The minimum Gasteiger partial charge on any atom is -0.490 e. The van der Waals surface area contributed by atoms with Crippen LogP contribution in [0.3, 0.4) is 0 Å². The molecule has 266 valence electrons. The fraction of sp³-hybridized carbons (Fsp3) is 0.474. The van der Waals surface area contributed by atoms with Crippen LogP contribution in [0.15, 0.2) is 72.8 Å². The predicted octanol–water partition coefficient (Wildman–Crippen LogP) is 6.81. The summed E-state index contributed by atoms with van der Waals surface area (Å²) >= 11 is 0. The minimum absolute atomic E-state index is 0.173. The zero-order valence-electron chi connectivity index (χ0n) is 28.7. The van der Waals surface area contributed by atoms with E-state index in [4.69, 9.17) is 9.47 Å². The van der Waals surface area contributed by atoms with Gasteiger partial charge in [0.2, 0.25) is 5.91 Å². The number of hydrogen-bond donors (Lipinski definition) is 2. The van der Waals surface area contributed by atoms with Gasteiger partial charge in [-0.2, -0.15) is 13.2 Å². The molecule has 2 amide bonds. The third kappa shape index (κ3) is 11.3. The van der Waals surface area contributed by atoms with Gasteiger partial charge in [0.1, 0.15) is 5.75 Å². The maximum Gasteiger partial charge on any atom is 0.416 e. The van der Waals surface area contributed by atoms with Crippen molar-refractivity contribution in [1.82, 2.24) is 9.80 Å². The second kappa shape index (κ2) is 17.6. The SMILES string of the molecule is C[C@@H]1CCCCO[C@H](CN(C)Cc2ccc(C(F)(F)F)cc2)[C@@H](C)CN([C@H](C)CO)C(=O)c2cc(NC(=O)Cc3ccccc3)ccc2O1. The van der Waals surface area contributed by atoms with Crippen LogP contribution in [0.2, 0.25) is 0 Å². The molecule has 3 aromatic rings. The number of carbonyl (C=O) groups is 2. The molecule has 0 saturated heterocycles. The third-order valence-corrected chi connectivity index (χ3v) is 8.77. The summed E-state index contributed by atoms with van der Waals surface area (Å²) in [4.78, 5) is 30.9. The fourth-order valence-corrected chi connectivity index (χ4v) is 5.93. The number of aliphatic hydroxyl groups excluding tert-OH is 1. The molecule has 11 heteroatoms. The van der Waals surface area contributed by atoms with Gasteiger partial charge in [-0.25, -0.2) is 0 Å². The number of rotatable bonds is 9. The molecule has 4 rings (SSSR count). The Hall–Kier alpha value is -3.93. The first kappa shape index (κ1) is 37.9. The van der Waals surface area contributed by atoms with Crippen LogP contribution in [0.4, 0.5) is 18.9 Å². The monoisotopic (exact) mass is 683 g/mol. The van der Waals surface area contributed by atoms with Crippen LogP contribution in [0.5, 0.6) is 5.75 Å². The Morgan fingerprint density at radius 2 is 1.76 bits per heavy atom. The van der Waals surface area contributed by atoms with Gasteiger partial charge in [0.05, 0.1) is 42.4 Å². The van der Waals surface area contributed by atoms with Crippen molar-refractivity contribution in [2.45, 2.75) is 77.4 Å². The highest BCUT2D eigenvalue weighted by molar-refractivity contribution is 6.00. The lowest BCUT2D eigenvalue weighted by molar-refractivity contribution is -0.137. The lowest BCUT2D eigenvalue weighted by atomic mass is 10.0. The van der Waals surface area contributed by atoms with Crippen LogP contribution in [-0.4, -0.2) is 78.3 Å². The van der Waals surface area contributed by atoms with Gasteiger partial charge >= 0.3 is 6.18 Å². The molecule has 8 nitrogen and oxygen atoms in total. The average molecular weight is 684 g/mol. The summed E-state index contributed by atoms with van der Waals surface area (Å²) < 4.78 is 51.9. The van der Waals surface area contributed by atoms with Crippen molar-refractivity contribution in [2.24, 2.45) is 5.92 Å². The van der Waals surface area contributed by atoms with Gasteiger partial charge in [0.15, 0.2) is 0 Å². The fourth-order valence-electron chi connectivity index (χ4n) is 5.93. The highest BCUT2D eigenvalue weighted by Gasteiger charge is 2.32. The molecule has 0 radical (unpaired) electrons. The van der Waals surface area contributed by atoms with Gasteiger partial charge < -0.3 is 24.8 Å². The molecule has 1 aliphatic heterocycles. The topological polar surface area (TPSA) is 91.3 Å². The highest BCUT2D eigenvalue weighted by Crippen LogP contribution is 2.30. The first-order chi connectivity index (χ1) is 23.3. The summed E-state index contributed by atoms with van der Waals surface area (Å²) in [5.41, 5.74) is 1.66. The maximum absolute atomic E-state index is 14.3. The van der Waals surface area contributed by atoms with E-state index >= 15 is 0 Å². The summed E-state index contributed by atoms with van der Waals surface area (Å²) in [6.07, 6.45) is -2.34. The van der Waals surface area contributed by atoms with Crippen LogP contribution >= 0.6 is 0 Å². The van der Waals surface area contributed by atoms with E-state index in [0.717, 1.165) is 42.5 Å². The lowest BCUT2D eigenvalue weighted by Gasteiger charge is -2.36. The maximum atomic E-state index is 14.3. The van der Waals surface area contributed by atoms with E-state index in [9.17, 15) is 27.9 Å². The number of nitrogens with zero attached hydrogens (tertiary/aromatic N) is 2. The molecule has 0 spiro atoms. The van der Waals surface area contributed by atoms with E-state index in [1.54, 1.807) is 30.0 Å². The molecular weight excluding hydrogens is 635 g/mol. The number of benzene rings is 3. The number of aliphatic hydroxyl groups is 1. The zero-order chi connectivity index (χ0) is 35.6. The number of carbonyl (C=O) groups excluding carboxylic acids is 2. The predicted molar refractivity (Wildman–Crippen MR) is 183 cm³/mol. The summed E-state index contributed by atoms with van der Waals surface area (Å²) in [5, 5.41) is 13.1. The molecule has 1 aliphatic rings. The number of anilines is 1. The molecule has 1 heterocycles. The quantitative estimate of drug-likeness (QED) is 0.258. The summed E-state index contributed by atoms with van der Waals surface area (Å²) in [6.45, 7) is 7.11. The van der Waals surface area contributed by atoms with Crippen LogP contribution < -0.4 is 10.1 Å². The standard InChI is InChI=1S/C38H48F3N3O5/c1-26-22-44(27(2)25-45)37(47)33-21-32(42-36(46)20-29-11-6-5-7-12-29)17-18-34(33)49-28(3)10-8-9-19-48-35(26)24-43(4)23-30-13-15-31(16-14-30)38(39,40)41/h5-7,11-18,21,26-28,35,45H,8-10,19-20,22-25H2,1-4H3,(H,42,46)/t26-,27+,28+,35+/m0/s1. The first-order valence-electron chi connectivity index (χ1n) is 16.9. The number of amides is 2. The molecule has 49 heavy (non-hydrogen) atoms. The molecule has 0 fully saturated rings. The van der Waals surface area contributed by atoms with E-state index < -0.39 is 17.8 Å². The molecule has 3 aromatic carbocycles. The Balaban J connectivity index is 1.56. The van der Waals surface area contributed by atoms with Crippen molar-refractivity contribution in [1.29, 1.82) is 0 Å². The van der Waals surface area contributed by atoms with Crippen molar-refractivity contribution in [3.63, 3.8) is 0 Å². The van der Waals surface area contributed by atoms with Gasteiger partial charge in [-0.05, 0) is 81.6 Å². The van der Waals surface area contributed by atoms with Crippen LogP contribution in [-0.2, 0) is 28.7 Å². The molecule has 0 unspecified atom stereocenters. The summed E-state index contributed by atoms with van der Waals surface area (Å²) in [7, 11) is 1.89. The third-order valence-electron chi connectivity index (χ3n) is 8.77. The number of likely N-dealkylation sites (N-methyl/N-ethyl adjacent to an activating group) is 1. The van der Waals surface area contributed by atoms with Crippen molar-refractivity contribution >= 4 is 17.5 Å². The minimum atomic E-state index is -4.39. The van der Waals surface area contributed by atoms with E-state index in [1.807, 2.05) is 56.1 Å². The first-order valence-corrected chi connectivity index (χ1v) is 16.9. The normalized spacial score (nSPS) is 20.2. The van der Waals surface area contributed by atoms with Crippen LogP contribution in [0.1, 0.15) is 67.1 Å². The van der Waals surface area contributed by atoms with E-state index in [-0.39, 0.29) is 55.1 Å². The number of alkyl halides is 3. The average Bonchev–Trinajstić information content (AvgIpc) is 3.06. The lowest BCUT2D eigenvalue weighted by Crippen LogP contribution is -2.47. The van der Waals surface area contributed by atoms with Crippen molar-refractivity contribution in [2.75, 3.05) is 38.7 Å². The summed E-state index contributed by atoms with van der Waals surface area (Å²) in [5.74, 6) is -0.331. The summed E-state index contributed by atoms with van der Waals surface area (Å²) in [6, 6.07) is 19.1. The van der Waals surface area contributed by atoms with Crippen molar-refractivity contribution < 1.29 is 37.3 Å². The molecule has 0 aliphatic carbocycles. The molecule has 0 saturated carbocycles. The van der Waals surface area contributed by atoms with E-state index in [0.29, 0.717) is 31.1 Å². The second-order valence-corrected chi connectivity index (χ2v) is 13.1. The molecule has 0 aromatic heterocycles. The largest absolute Gasteiger partial charge is 0.490 e. The Bertz CT molecular complexity index is 1500. The Labute approximate surface area is 287 Å². The Morgan fingerprint density at radius 1 is 1.04 bits per heavy atom. The molecular formula is C38H48F3N3O5. The van der Waals surface area contributed by atoms with Crippen molar-refractivity contribution in [3.8, 4) is 5.75 Å². The van der Waals surface area contributed by atoms with Gasteiger partial charge in [-0.3, -0.25) is 14.5 Å². The molecule has 2 N–H and O–H groups in total. The van der Waals surface area contributed by atoms with Crippen LogP contribution in [0.25, 0.3) is 0 Å². The number of ether oxygens (including phenoxy) is 2. The van der Waals surface area contributed by atoms with E-state index in [1.165, 1.54) is 12.1 Å². The number of fused-ring (bicyclic) bond motifs is 1. The second-order valence-electron chi connectivity index (χ2n) is 13.1. The van der Waals surface area contributed by atoms with E-state index in [2.05, 4.69) is 5.32 Å². The van der Waals surface area contributed by atoms with Gasteiger partial charge in [0.25, 0.3) is 5.91 Å². The highest BCUT2D eigenvalue weighted by atomic mass is 19.4. The van der Waals surface area contributed by atoms with Gasteiger partial charge in [-0.15, -0.1) is 0 Å². The van der Waals surface area contributed by atoms with Crippen molar-refractivity contribution in [3.05, 3.63) is 95.1 Å². The molecule has 0 bridgehead atoms. The number of halogens is 3. The van der Waals surface area contributed by atoms with Gasteiger partial charge in [-0.1, -0.05) is 49.4 Å². The Kier molecular flexibility index (Phi) is 13.6. The Morgan fingerprint density at radius 3 is 2.43 bits per heavy atom. The number of nitrogens with one attached hydrogen (secondary N) is 1. The zero-order valence-corrected chi connectivity index (χ0v) is 28.7. The molecule has 4 atom stereocenters.